The zero-order chi connectivity index (χ0) is 12.3. The van der Waals surface area contributed by atoms with Gasteiger partial charge in [-0.25, -0.2) is 0 Å². The average Bonchev–Trinajstić information content (AvgIpc) is 2.37. The van der Waals surface area contributed by atoms with Crippen LogP contribution in [0.3, 0.4) is 0 Å². The molecular formula is C14H15NO2. The molecule has 88 valence electrons. The summed E-state index contributed by atoms with van der Waals surface area (Å²) in [6.45, 7) is 1.79. The normalized spacial score (nSPS) is 12.6. The maximum atomic E-state index is 11.6. The standard InChI is InChI=1S/C14H15NO2/c1-2-13(16)14(17)9-11-8-7-10-5-3-4-6-12(10)15-11/h3-8,13,16H,2,9H2,1H3. The highest BCUT2D eigenvalue weighted by Crippen LogP contribution is 2.12. The summed E-state index contributed by atoms with van der Waals surface area (Å²) < 4.78 is 0. The molecule has 0 bridgehead atoms. The monoisotopic (exact) mass is 229 g/mol. The first kappa shape index (κ1) is 11.7. The summed E-state index contributed by atoms with van der Waals surface area (Å²) in [5, 5.41) is 10.5. The first-order chi connectivity index (χ1) is 8.20. The highest BCUT2D eigenvalue weighted by Gasteiger charge is 2.13. The first-order valence-corrected chi connectivity index (χ1v) is 5.76. The number of aromatic nitrogens is 1. The van der Waals surface area contributed by atoms with E-state index in [0.717, 1.165) is 10.9 Å². The van der Waals surface area contributed by atoms with Gasteiger partial charge in [-0.3, -0.25) is 9.78 Å². The second-order valence-electron chi connectivity index (χ2n) is 4.06. The van der Waals surface area contributed by atoms with E-state index < -0.39 is 6.10 Å². The van der Waals surface area contributed by atoms with Crippen molar-refractivity contribution in [1.29, 1.82) is 0 Å². The number of para-hydroxylation sites is 1. The molecule has 0 saturated heterocycles. The highest BCUT2D eigenvalue weighted by atomic mass is 16.3. The van der Waals surface area contributed by atoms with E-state index in [1.807, 2.05) is 36.4 Å². The van der Waals surface area contributed by atoms with Crippen LogP contribution in [0.4, 0.5) is 0 Å². The summed E-state index contributed by atoms with van der Waals surface area (Å²) >= 11 is 0. The van der Waals surface area contributed by atoms with Crippen molar-refractivity contribution in [3.05, 3.63) is 42.1 Å². The molecule has 1 aromatic carbocycles. The summed E-state index contributed by atoms with van der Waals surface area (Å²) in [6.07, 6.45) is -0.227. The zero-order valence-electron chi connectivity index (χ0n) is 9.76. The van der Waals surface area contributed by atoms with E-state index in [4.69, 9.17) is 0 Å². The van der Waals surface area contributed by atoms with E-state index in [9.17, 15) is 9.90 Å². The van der Waals surface area contributed by atoms with Crippen molar-refractivity contribution in [1.82, 2.24) is 4.98 Å². The number of aliphatic hydroxyl groups excluding tert-OH is 1. The SMILES string of the molecule is CCC(O)C(=O)Cc1ccc2ccccc2n1. The Labute approximate surface area is 100 Å². The summed E-state index contributed by atoms with van der Waals surface area (Å²) in [5.74, 6) is -0.171. The van der Waals surface area contributed by atoms with E-state index >= 15 is 0 Å². The molecule has 17 heavy (non-hydrogen) atoms. The number of aliphatic hydroxyl groups is 1. The van der Waals surface area contributed by atoms with Crippen LogP contribution in [0.1, 0.15) is 19.0 Å². The number of hydrogen-bond acceptors (Lipinski definition) is 3. The van der Waals surface area contributed by atoms with Gasteiger partial charge in [0.15, 0.2) is 5.78 Å². The highest BCUT2D eigenvalue weighted by molar-refractivity contribution is 5.85. The third kappa shape index (κ3) is 2.68. The number of carbonyl (C=O) groups is 1. The van der Waals surface area contributed by atoms with Gasteiger partial charge in [0.25, 0.3) is 0 Å². The predicted molar refractivity (Wildman–Crippen MR) is 66.8 cm³/mol. The van der Waals surface area contributed by atoms with Crippen LogP contribution in [0.25, 0.3) is 10.9 Å². The minimum absolute atomic E-state index is 0.171. The second-order valence-corrected chi connectivity index (χ2v) is 4.06. The number of ketones is 1. The Kier molecular flexibility index (Phi) is 3.49. The summed E-state index contributed by atoms with van der Waals surface area (Å²) in [7, 11) is 0. The smallest absolute Gasteiger partial charge is 0.167 e. The molecule has 2 rings (SSSR count). The molecule has 1 heterocycles. The van der Waals surface area contributed by atoms with Crippen molar-refractivity contribution in [2.45, 2.75) is 25.9 Å². The van der Waals surface area contributed by atoms with Gasteiger partial charge in [-0.05, 0) is 18.6 Å². The Bertz CT molecular complexity index is 536. The van der Waals surface area contributed by atoms with Crippen molar-refractivity contribution in [3.8, 4) is 0 Å². The number of hydrogen-bond donors (Lipinski definition) is 1. The Balaban J connectivity index is 2.22. The number of rotatable bonds is 4. The molecule has 0 aliphatic heterocycles. The number of carbonyl (C=O) groups excluding carboxylic acids is 1. The van der Waals surface area contributed by atoms with Crippen molar-refractivity contribution < 1.29 is 9.90 Å². The van der Waals surface area contributed by atoms with Gasteiger partial charge in [-0.2, -0.15) is 0 Å². The molecule has 3 heteroatoms. The van der Waals surface area contributed by atoms with Crippen LogP contribution < -0.4 is 0 Å². The van der Waals surface area contributed by atoms with Gasteiger partial charge in [0.1, 0.15) is 6.10 Å². The maximum absolute atomic E-state index is 11.6. The zero-order valence-corrected chi connectivity index (χ0v) is 9.76. The van der Waals surface area contributed by atoms with Crippen LogP contribution >= 0.6 is 0 Å². The molecule has 0 spiro atoms. The third-order valence-electron chi connectivity index (χ3n) is 2.77. The van der Waals surface area contributed by atoms with E-state index in [1.54, 1.807) is 6.92 Å². The van der Waals surface area contributed by atoms with Crippen LogP contribution in [-0.2, 0) is 11.2 Å². The molecule has 3 nitrogen and oxygen atoms in total. The largest absolute Gasteiger partial charge is 0.385 e. The van der Waals surface area contributed by atoms with E-state index in [1.165, 1.54) is 0 Å². The molecule has 0 amide bonds. The summed E-state index contributed by atoms with van der Waals surface area (Å²) in [5.41, 5.74) is 1.59. The van der Waals surface area contributed by atoms with Crippen molar-refractivity contribution in [2.75, 3.05) is 0 Å². The van der Waals surface area contributed by atoms with Gasteiger partial charge in [-0.1, -0.05) is 31.2 Å². The van der Waals surface area contributed by atoms with Crippen LogP contribution in [-0.4, -0.2) is 22.0 Å². The minimum atomic E-state index is -0.872. The Morgan fingerprint density at radius 3 is 2.82 bits per heavy atom. The van der Waals surface area contributed by atoms with Crippen LogP contribution in [0.15, 0.2) is 36.4 Å². The molecule has 0 fully saturated rings. The lowest BCUT2D eigenvalue weighted by molar-refractivity contribution is -0.126. The predicted octanol–water partition coefficient (Wildman–Crippen LogP) is 2.12. The second kappa shape index (κ2) is 5.06. The minimum Gasteiger partial charge on any atom is -0.385 e. The summed E-state index contributed by atoms with van der Waals surface area (Å²) in [6, 6.07) is 11.6. The van der Waals surface area contributed by atoms with Gasteiger partial charge < -0.3 is 5.11 Å². The van der Waals surface area contributed by atoms with Gasteiger partial charge in [0.2, 0.25) is 0 Å². The lowest BCUT2D eigenvalue weighted by Crippen LogP contribution is -2.21. The van der Waals surface area contributed by atoms with Crippen LogP contribution in [0.2, 0.25) is 0 Å². The molecule has 0 aliphatic carbocycles. The topological polar surface area (TPSA) is 50.2 Å². The number of pyridine rings is 1. The van der Waals surface area contributed by atoms with Crippen molar-refractivity contribution >= 4 is 16.7 Å². The van der Waals surface area contributed by atoms with Crippen molar-refractivity contribution in [2.24, 2.45) is 0 Å². The van der Waals surface area contributed by atoms with E-state index in [0.29, 0.717) is 12.1 Å². The maximum Gasteiger partial charge on any atom is 0.167 e. The molecule has 2 aromatic rings. The number of Topliss-reactive ketones (excluding diaryl/α,β-unsaturated/α-hetero) is 1. The molecule has 1 aromatic heterocycles. The lowest BCUT2D eigenvalue weighted by atomic mass is 10.1. The van der Waals surface area contributed by atoms with E-state index in [2.05, 4.69) is 4.98 Å². The lowest BCUT2D eigenvalue weighted by Gasteiger charge is -2.06. The summed E-state index contributed by atoms with van der Waals surface area (Å²) in [4.78, 5) is 16.0. The molecular weight excluding hydrogens is 214 g/mol. The van der Waals surface area contributed by atoms with E-state index in [-0.39, 0.29) is 12.2 Å². The average molecular weight is 229 g/mol. The van der Waals surface area contributed by atoms with Gasteiger partial charge >= 0.3 is 0 Å². The molecule has 1 N–H and O–H groups in total. The fraction of sp³-hybridized carbons (Fsp3) is 0.286. The molecule has 0 saturated carbocycles. The van der Waals surface area contributed by atoms with Crippen molar-refractivity contribution in [3.63, 3.8) is 0 Å². The molecule has 1 unspecified atom stereocenters. The first-order valence-electron chi connectivity index (χ1n) is 5.76. The Morgan fingerprint density at radius 1 is 1.29 bits per heavy atom. The molecule has 1 atom stereocenters. The Hall–Kier alpha value is -1.74. The van der Waals surface area contributed by atoms with Crippen LogP contribution in [0, 0.1) is 0 Å². The van der Waals surface area contributed by atoms with Gasteiger partial charge in [0.05, 0.1) is 11.9 Å². The fourth-order valence-electron chi connectivity index (χ4n) is 1.73. The van der Waals surface area contributed by atoms with Gasteiger partial charge in [0, 0.05) is 11.1 Å². The number of benzene rings is 1. The molecule has 0 aliphatic rings. The quantitative estimate of drug-likeness (QED) is 0.873. The van der Waals surface area contributed by atoms with Gasteiger partial charge in [-0.15, -0.1) is 0 Å². The van der Waals surface area contributed by atoms with Crippen LogP contribution in [0.5, 0.6) is 0 Å². The Morgan fingerprint density at radius 2 is 2.06 bits per heavy atom. The third-order valence-corrected chi connectivity index (χ3v) is 2.77. The number of nitrogens with zero attached hydrogens (tertiary/aromatic N) is 1. The fourth-order valence-corrected chi connectivity index (χ4v) is 1.73. The molecule has 0 radical (unpaired) electrons. The number of fused-ring (bicyclic) bond motifs is 1.